The second-order valence-electron chi connectivity index (χ2n) is 4.76. The lowest BCUT2D eigenvalue weighted by atomic mass is 10.3. The van der Waals surface area contributed by atoms with Gasteiger partial charge in [-0.25, -0.2) is 14.1 Å². The van der Waals surface area contributed by atoms with Crippen molar-refractivity contribution in [3.05, 3.63) is 59.4 Å². The average molecular weight is 350 g/mol. The smallest absolute Gasteiger partial charge is 0.307 e. The molecule has 0 aliphatic carbocycles. The molecular formula is C16H13ClFN3OS. The normalized spacial score (nSPS) is 13.6. The van der Waals surface area contributed by atoms with Crippen molar-refractivity contribution in [3.8, 4) is 0 Å². The quantitative estimate of drug-likeness (QED) is 0.859. The molecule has 0 saturated heterocycles. The first-order valence-corrected chi connectivity index (χ1v) is 8.29. The van der Waals surface area contributed by atoms with Crippen LogP contribution in [0.25, 0.3) is 0 Å². The highest BCUT2D eigenvalue weighted by atomic mass is 35.5. The van der Waals surface area contributed by atoms with Crippen LogP contribution >= 0.6 is 23.4 Å². The Balaban J connectivity index is 1.86. The third kappa shape index (κ3) is 3.83. The minimum absolute atomic E-state index is 0.353. The third-order valence-corrected chi connectivity index (χ3v) is 4.35. The van der Waals surface area contributed by atoms with Crippen LogP contribution in [0.2, 0.25) is 5.02 Å². The molecule has 3 rings (SSSR count). The van der Waals surface area contributed by atoms with Gasteiger partial charge in [-0.05, 0) is 48.5 Å². The summed E-state index contributed by atoms with van der Waals surface area (Å²) in [6.45, 7) is 0.675. The molecule has 0 bridgehead atoms. The van der Waals surface area contributed by atoms with Crippen LogP contribution in [0.4, 0.5) is 20.6 Å². The first-order chi connectivity index (χ1) is 11.1. The number of carbonyl (C=O) groups excluding carboxylic acids is 1. The number of halogens is 2. The fourth-order valence-electron chi connectivity index (χ4n) is 2.08. The topological polar surface area (TPSA) is 44.7 Å². The zero-order valence-electron chi connectivity index (χ0n) is 12.0. The number of aliphatic imine (C=N–C) groups is 1. The molecule has 1 aliphatic rings. The second-order valence-corrected chi connectivity index (χ2v) is 6.26. The molecule has 23 heavy (non-hydrogen) atoms. The molecule has 0 atom stereocenters. The predicted octanol–water partition coefficient (Wildman–Crippen LogP) is 4.62. The summed E-state index contributed by atoms with van der Waals surface area (Å²) in [6.07, 6.45) is 0. The highest BCUT2D eigenvalue weighted by Gasteiger charge is 2.24. The number of rotatable bonds is 2. The number of hydrogen-bond donors (Lipinski definition) is 1. The van der Waals surface area contributed by atoms with Crippen molar-refractivity contribution in [3.63, 3.8) is 0 Å². The molecule has 0 unspecified atom stereocenters. The highest BCUT2D eigenvalue weighted by Crippen LogP contribution is 2.25. The lowest BCUT2D eigenvalue weighted by Crippen LogP contribution is -2.38. The number of nitrogens with zero attached hydrogens (tertiary/aromatic N) is 2. The first-order valence-electron chi connectivity index (χ1n) is 6.93. The van der Waals surface area contributed by atoms with Gasteiger partial charge < -0.3 is 5.32 Å². The van der Waals surface area contributed by atoms with E-state index in [1.54, 1.807) is 24.3 Å². The number of carbonyl (C=O) groups is 1. The summed E-state index contributed by atoms with van der Waals surface area (Å²) in [7, 11) is 0. The summed E-state index contributed by atoms with van der Waals surface area (Å²) >= 11 is 7.42. The molecule has 4 nitrogen and oxygen atoms in total. The van der Waals surface area contributed by atoms with E-state index in [1.165, 1.54) is 40.9 Å². The van der Waals surface area contributed by atoms with Gasteiger partial charge in [0.15, 0.2) is 5.17 Å². The number of urea groups is 1. The van der Waals surface area contributed by atoms with Gasteiger partial charge in [-0.15, -0.1) is 0 Å². The molecule has 2 amide bonds. The van der Waals surface area contributed by atoms with E-state index >= 15 is 0 Å². The van der Waals surface area contributed by atoms with Gasteiger partial charge in [-0.1, -0.05) is 23.4 Å². The number of hydrogen-bond acceptors (Lipinski definition) is 3. The van der Waals surface area contributed by atoms with Gasteiger partial charge in [0, 0.05) is 16.5 Å². The van der Waals surface area contributed by atoms with E-state index < -0.39 is 0 Å². The van der Waals surface area contributed by atoms with Crippen molar-refractivity contribution in [2.24, 2.45) is 4.99 Å². The van der Waals surface area contributed by atoms with Gasteiger partial charge in [-0.2, -0.15) is 0 Å². The molecular weight excluding hydrogens is 337 g/mol. The van der Waals surface area contributed by atoms with Gasteiger partial charge in [0.05, 0.1) is 12.2 Å². The molecule has 0 fully saturated rings. The van der Waals surface area contributed by atoms with Crippen LogP contribution in [0.15, 0.2) is 53.5 Å². The Kier molecular flexibility index (Phi) is 4.83. The lowest BCUT2D eigenvalue weighted by Gasteiger charge is -2.22. The van der Waals surface area contributed by atoms with Gasteiger partial charge in [0.25, 0.3) is 0 Å². The SMILES string of the molecule is O=C(Nc1ccc(F)cc1)N(C1=NCCS1)c1ccc(Cl)cc1. The number of amides is 2. The van der Waals surface area contributed by atoms with E-state index in [1.807, 2.05) is 0 Å². The molecule has 0 aromatic heterocycles. The Hall–Kier alpha value is -2.05. The van der Waals surface area contributed by atoms with Crippen LogP contribution in [-0.4, -0.2) is 23.5 Å². The van der Waals surface area contributed by atoms with Crippen LogP contribution in [-0.2, 0) is 0 Å². The minimum atomic E-state index is -0.355. The summed E-state index contributed by atoms with van der Waals surface area (Å²) < 4.78 is 13.0. The average Bonchev–Trinajstić information content (AvgIpc) is 3.06. The number of thioether (sulfide) groups is 1. The summed E-state index contributed by atoms with van der Waals surface area (Å²) in [5.74, 6) is 0.483. The molecule has 1 aliphatic heterocycles. The standard InChI is InChI=1S/C16H13ClFN3OS/c17-11-1-7-14(8-2-11)21(16-19-9-10-23-16)15(22)20-13-5-3-12(18)4-6-13/h1-8H,9-10H2,(H,20,22). The highest BCUT2D eigenvalue weighted by molar-refractivity contribution is 8.14. The summed E-state index contributed by atoms with van der Waals surface area (Å²) in [5.41, 5.74) is 1.18. The Morgan fingerprint density at radius 3 is 2.48 bits per heavy atom. The van der Waals surface area contributed by atoms with Crippen molar-refractivity contribution in [1.29, 1.82) is 0 Å². The number of amidine groups is 1. The van der Waals surface area contributed by atoms with Crippen molar-refractivity contribution < 1.29 is 9.18 Å². The zero-order valence-corrected chi connectivity index (χ0v) is 13.6. The molecule has 1 heterocycles. The van der Waals surface area contributed by atoms with E-state index in [-0.39, 0.29) is 11.8 Å². The lowest BCUT2D eigenvalue weighted by molar-refractivity contribution is 0.259. The van der Waals surface area contributed by atoms with Gasteiger partial charge in [0.1, 0.15) is 5.82 Å². The fraction of sp³-hybridized carbons (Fsp3) is 0.125. The monoisotopic (exact) mass is 349 g/mol. The van der Waals surface area contributed by atoms with Crippen LogP contribution in [0.5, 0.6) is 0 Å². The molecule has 7 heteroatoms. The summed E-state index contributed by atoms with van der Waals surface area (Å²) in [5, 5.41) is 3.98. The first kappa shape index (κ1) is 15.8. The van der Waals surface area contributed by atoms with Crippen LogP contribution in [0, 0.1) is 5.82 Å². The maximum absolute atomic E-state index is 13.0. The summed E-state index contributed by atoms with van der Waals surface area (Å²) in [6, 6.07) is 12.2. The number of benzene rings is 2. The molecule has 2 aromatic carbocycles. The molecule has 1 N–H and O–H groups in total. The van der Waals surface area contributed by atoms with Gasteiger partial charge >= 0.3 is 6.03 Å². The largest absolute Gasteiger partial charge is 0.332 e. The van der Waals surface area contributed by atoms with Crippen molar-refractivity contribution in [1.82, 2.24) is 0 Å². The van der Waals surface area contributed by atoms with Crippen LogP contribution < -0.4 is 10.2 Å². The van der Waals surface area contributed by atoms with E-state index in [0.29, 0.717) is 28.1 Å². The van der Waals surface area contributed by atoms with Crippen LogP contribution in [0.1, 0.15) is 0 Å². The Morgan fingerprint density at radius 1 is 1.17 bits per heavy atom. The predicted molar refractivity (Wildman–Crippen MR) is 94.1 cm³/mol. The second kappa shape index (κ2) is 7.02. The summed E-state index contributed by atoms with van der Waals surface area (Å²) in [4.78, 5) is 18.5. The fourth-order valence-corrected chi connectivity index (χ4v) is 3.07. The van der Waals surface area contributed by atoms with Crippen LogP contribution in [0.3, 0.4) is 0 Å². The molecule has 0 saturated carbocycles. The third-order valence-electron chi connectivity index (χ3n) is 3.14. The Morgan fingerprint density at radius 2 is 1.87 bits per heavy atom. The van der Waals surface area contributed by atoms with E-state index in [9.17, 15) is 9.18 Å². The molecule has 118 valence electrons. The number of nitrogens with one attached hydrogen (secondary N) is 1. The molecule has 0 radical (unpaired) electrons. The molecule has 2 aromatic rings. The van der Waals surface area contributed by atoms with Gasteiger partial charge in [-0.3, -0.25) is 4.99 Å². The minimum Gasteiger partial charge on any atom is -0.307 e. The van der Waals surface area contributed by atoms with E-state index in [0.717, 1.165) is 5.75 Å². The van der Waals surface area contributed by atoms with Gasteiger partial charge in [0.2, 0.25) is 0 Å². The van der Waals surface area contributed by atoms with Crippen molar-refractivity contribution in [2.75, 3.05) is 22.5 Å². The van der Waals surface area contributed by atoms with Crippen molar-refractivity contribution in [2.45, 2.75) is 0 Å². The Labute approximate surface area is 142 Å². The maximum Gasteiger partial charge on any atom is 0.332 e. The van der Waals surface area contributed by atoms with Crippen molar-refractivity contribution >= 4 is 45.9 Å². The zero-order chi connectivity index (χ0) is 16.2. The van der Waals surface area contributed by atoms with E-state index in [2.05, 4.69) is 10.3 Å². The molecule has 0 spiro atoms. The Bertz CT molecular complexity index is 734. The maximum atomic E-state index is 13.0. The van der Waals surface area contributed by atoms with E-state index in [4.69, 9.17) is 11.6 Å². The number of anilines is 2.